The van der Waals surface area contributed by atoms with E-state index in [9.17, 15) is 4.21 Å². The van der Waals surface area contributed by atoms with Crippen LogP contribution in [0.2, 0.25) is 5.02 Å². The maximum absolute atomic E-state index is 12.6. The summed E-state index contributed by atoms with van der Waals surface area (Å²) in [4.78, 5) is 15.0. The van der Waals surface area contributed by atoms with Gasteiger partial charge in [0.05, 0.1) is 29.7 Å². The zero-order valence-electron chi connectivity index (χ0n) is 16.8. The van der Waals surface area contributed by atoms with E-state index in [0.29, 0.717) is 24.0 Å². The first-order valence-electron chi connectivity index (χ1n) is 10.5. The highest BCUT2D eigenvalue weighted by molar-refractivity contribution is 7.85. The van der Waals surface area contributed by atoms with Gasteiger partial charge in [-0.25, -0.2) is 4.98 Å². The Morgan fingerprint density at radius 2 is 1.77 bits per heavy atom. The number of anilines is 2. The van der Waals surface area contributed by atoms with Crippen molar-refractivity contribution in [2.24, 2.45) is 0 Å². The molecule has 3 aliphatic heterocycles. The van der Waals surface area contributed by atoms with Crippen molar-refractivity contribution in [1.29, 1.82) is 0 Å². The molecule has 2 saturated heterocycles. The maximum atomic E-state index is 12.6. The second-order valence-corrected chi connectivity index (χ2v) is 9.72. The van der Waals surface area contributed by atoms with Gasteiger partial charge in [0.15, 0.2) is 5.82 Å². The van der Waals surface area contributed by atoms with E-state index in [1.54, 1.807) is 0 Å². The van der Waals surface area contributed by atoms with E-state index in [1.807, 2.05) is 24.3 Å². The van der Waals surface area contributed by atoms with Crippen LogP contribution in [0.25, 0.3) is 0 Å². The Hall–Kier alpha value is -1.90. The van der Waals surface area contributed by atoms with Crippen LogP contribution in [0.4, 0.5) is 11.8 Å². The number of nitrogens with zero attached hydrogens (tertiary/aromatic N) is 4. The van der Waals surface area contributed by atoms with E-state index >= 15 is 0 Å². The molecule has 2 aromatic rings. The summed E-state index contributed by atoms with van der Waals surface area (Å²) < 4.78 is 24.2. The summed E-state index contributed by atoms with van der Waals surface area (Å²) in [7, 11) is -1.01. The van der Waals surface area contributed by atoms with E-state index in [-0.39, 0.29) is 6.10 Å². The number of morpholine rings is 1. The molecule has 0 radical (unpaired) electrons. The van der Waals surface area contributed by atoms with Crippen LogP contribution in [0.3, 0.4) is 0 Å². The van der Waals surface area contributed by atoms with Gasteiger partial charge >= 0.3 is 0 Å². The summed E-state index contributed by atoms with van der Waals surface area (Å²) in [5.74, 6) is 3.08. The number of rotatable bonds is 4. The number of ether oxygens (including phenoxy) is 2. The van der Waals surface area contributed by atoms with Crippen LogP contribution in [0.5, 0.6) is 5.75 Å². The lowest BCUT2D eigenvalue weighted by atomic mass is 10.1. The molecule has 9 heteroatoms. The zero-order valence-corrected chi connectivity index (χ0v) is 18.3. The third-order valence-corrected chi connectivity index (χ3v) is 7.51. The molecule has 0 N–H and O–H groups in total. The zero-order chi connectivity index (χ0) is 20.5. The van der Waals surface area contributed by atoms with Crippen molar-refractivity contribution in [1.82, 2.24) is 9.97 Å². The number of piperidine rings is 1. The van der Waals surface area contributed by atoms with Gasteiger partial charge in [-0.2, -0.15) is 4.98 Å². The van der Waals surface area contributed by atoms with Crippen LogP contribution < -0.4 is 14.5 Å². The molecule has 5 rings (SSSR count). The lowest BCUT2D eigenvalue weighted by molar-refractivity contribution is 0.122. The van der Waals surface area contributed by atoms with Crippen molar-refractivity contribution >= 4 is 34.2 Å². The summed E-state index contributed by atoms with van der Waals surface area (Å²) in [5, 5.41) is 0.711. The van der Waals surface area contributed by atoms with Crippen LogP contribution in [-0.4, -0.2) is 65.4 Å². The van der Waals surface area contributed by atoms with E-state index in [1.165, 1.54) is 0 Å². The maximum Gasteiger partial charge on any atom is 0.227 e. The number of hydrogen-bond acceptors (Lipinski definition) is 7. The van der Waals surface area contributed by atoms with Gasteiger partial charge in [-0.15, -0.1) is 0 Å². The van der Waals surface area contributed by atoms with Gasteiger partial charge in [0.25, 0.3) is 0 Å². The van der Waals surface area contributed by atoms with Crippen molar-refractivity contribution < 1.29 is 13.7 Å². The van der Waals surface area contributed by atoms with Gasteiger partial charge in [-0.05, 0) is 24.3 Å². The van der Waals surface area contributed by atoms with Gasteiger partial charge in [0.1, 0.15) is 16.7 Å². The van der Waals surface area contributed by atoms with Crippen molar-refractivity contribution in [2.45, 2.75) is 30.3 Å². The first-order chi connectivity index (χ1) is 14.7. The molecule has 160 valence electrons. The van der Waals surface area contributed by atoms with Gasteiger partial charge in [0.2, 0.25) is 5.95 Å². The highest BCUT2D eigenvalue weighted by Gasteiger charge is 2.31. The molecule has 30 heavy (non-hydrogen) atoms. The molecule has 1 atom stereocenters. The van der Waals surface area contributed by atoms with Gasteiger partial charge in [0, 0.05) is 56.2 Å². The fourth-order valence-electron chi connectivity index (χ4n) is 4.18. The van der Waals surface area contributed by atoms with Crippen molar-refractivity contribution in [2.75, 3.05) is 54.9 Å². The molecule has 2 fully saturated rings. The SMILES string of the molecule is O=[S@]1CCc2nc(N3CCC(Oc4ccc(Cl)cc4)CC3)nc(N3CCOCC3)c21. The summed E-state index contributed by atoms with van der Waals surface area (Å²) in [6, 6.07) is 7.52. The van der Waals surface area contributed by atoms with E-state index in [2.05, 4.69) is 9.80 Å². The molecule has 0 bridgehead atoms. The van der Waals surface area contributed by atoms with Gasteiger partial charge in [-0.1, -0.05) is 11.6 Å². The van der Waals surface area contributed by atoms with E-state index < -0.39 is 10.8 Å². The number of benzene rings is 1. The van der Waals surface area contributed by atoms with Crippen LogP contribution >= 0.6 is 11.6 Å². The largest absolute Gasteiger partial charge is 0.490 e. The van der Waals surface area contributed by atoms with Crippen molar-refractivity contribution in [3.8, 4) is 5.75 Å². The van der Waals surface area contributed by atoms with Crippen molar-refractivity contribution in [3.05, 3.63) is 35.0 Å². The molecule has 0 spiro atoms. The Morgan fingerprint density at radius 3 is 2.50 bits per heavy atom. The molecule has 0 saturated carbocycles. The summed E-state index contributed by atoms with van der Waals surface area (Å²) >= 11 is 5.95. The molecule has 0 unspecified atom stereocenters. The third-order valence-electron chi connectivity index (χ3n) is 5.81. The lowest BCUT2D eigenvalue weighted by Crippen LogP contribution is -2.40. The second-order valence-electron chi connectivity index (χ2n) is 7.78. The van der Waals surface area contributed by atoms with Crippen LogP contribution in [0.15, 0.2) is 29.2 Å². The molecule has 3 aliphatic rings. The molecule has 0 amide bonds. The smallest absolute Gasteiger partial charge is 0.227 e. The predicted octanol–water partition coefficient (Wildman–Crippen LogP) is 2.68. The Labute approximate surface area is 183 Å². The molecule has 7 nitrogen and oxygen atoms in total. The minimum atomic E-state index is -1.01. The number of aryl methyl sites for hydroxylation is 1. The molecular formula is C21H25ClN4O3S. The number of halogens is 1. The predicted molar refractivity (Wildman–Crippen MR) is 117 cm³/mol. The molecule has 1 aromatic carbocycles. The third kappa shape index (κ3) is 4.13. The van der Waals surface area contributed by atoms with E-state index in [0.717, 1.165) is 73.5 Å². The second kappa shape index (κ2) is 8.69. The number of hydrogen-bond donors (Lipinski definition) is 0. The van der Waals surface area contributed by atoms with E-state index in [4.69, 9.17) is 31.0 Å². The Morgan fingerprint density at radius 1 is 1.03 bits per heavy atom. The first-order valence-corrected chi connectivity index (χ1v) is 12.2. The molecular weight excluding hydrogens is 424 g/mol. The summed E-state index contributed by atoms with van der Waals surface area (Å²) in [6.07, 6.45) is 2.73. The van der Waals surface area contributed by atoms with Crippen molar-refractivity contribution in [3.63, 3.8) is 0 Å². The lowest BCUT2D eigenvalue weighted by Gasteiger charge is -2.34. The first kappa shape index (κ1) is 20.0. The topological polar surface area (TPSA) is 67.8 Å². The number of fused-ring (bicyclic) bond motifs is 1. The molecule has 4 heterocycles. The average molecular weight is 449 g/mol. The minimum Gasteiger partial charge on any atom is -0.490 e. The molecule has 1 aromatic heterocycles. The normalized spacial score (nSPS) is 22.2. The Balaban J connectivity index is 1.31. The van der Waals surface area contributed by atoms with Gasteiger partial charge in [-0.3, -0.25) is 4.21 Å². The highest BCUT2D eigenvalue weighted by atomic mass is 35.5. The number of aromatic nitrogens is 2. The minimum absolute atomic E-state index is 0.170. The monoisotopic (exact) mass is 448 g/mol. The summed E-state index contributed by atoms with van der Waals surface area (Å²) in [6.45, 7) is 4.57. The van der Waals surface area contributed by atoms with Crippen LogP contribution in [0.1, 0.15) is 18.5 Å². The molecule has 0 aliphatic carbocycles. The Bertz CT molecular complexity index is 929. The summed E-state index contributed by atoms with van der Waals surface area (Å²) in [5.41, 5.74) is 0.944. The Kier molecular flexibility index (Phi) is 5.80. The average Bonchev–Trinajstić information content (AvgIpc) is 3.17. The van der Waals surface area contributed by atoms with Gasteiger partial charge < -0.3 is 19.3 Å². The highest BCUT2D eigenvalue weighted by Crippen LogP contribution is 2.33. The van der Waals surface area contributed by atoms with Crippen LogP contribution in [0, 0.1) is 0 Å². The fourth-order valence-corrected chi connectivity index (χ4v) is 5.67. The standard InChI is InChI=1S/C21H25ClN4O3S/c22-15-1-3-16(4-2-15)29-17-5-8-26(9-6-17)21-23-18-7-14-30(27)19(18)20(24-21)25-10-12-28-13-11-25/h1-4,17H,5-14H2/t30-/m0/s1. The van der Waals surface area contributed by atoms with Crippen LogP contribution in [-0.2, 0) is 22.0 Å². The quantitative estimate of drug-likeness (QED) is 0.712. The fraction of sp³-hybridized carbons (Fsp3) is 0.524.